The van der Waals surface area contributed by atoms with Gasteiger partial charge in [-0.3, -0.25) is 9.59 Å². The van der Waals surface area contributed by atoms with Crippen molar-refractivity contribution in [2.45, 2.75) is 19.3 Å². The van der Waals surface area contributed by atoms with Gasteiger partial charge in [0.15, 0.2) is 0 Å². The Bertz CT molecular complexity index is 771. The summed E-state index contributed by atoms with van der Waals surface area (Å²) in [5, 5.41) is 5.94. The summed E-state index contributed by atoms with van der Waals surface area (Å²) in [6.07, 6.45) is 3.34. The Morgan fingerprint density at radius 1 is 0.962 bits per heavy atom. The van der Waals surface area contributed by atoms with Crippen LogP contribution in [0.3, 0.4) is 0 Å². The van der Waals surface area contributed by atoms with Crippen LogP contribution >= 0.6 is 22.6 Å². The second kappa shape index (κ2) is 9.02. The number of carbonyl (C=O) groups is 2. The largest absolute Gasteiger partial charge is 0.376 e. The van der Waals surface area contributed by atoms with Crippen LogP contribution in [0, 0.1) is 3.57 Å². The lowest BCUT2D eigenvalue weighted by molar-refractivity contribution is -0.114. The van der Waals surface area contributed by atoms with Crippen molar-refractivity contribution in [1.82, 2.24) is 4.90 Å². The van der Waals surface area contributed by atoms with Crippen molar-refractivity contribution in [3.63, 3.8) is 0 Å². The van der Waals surface area contributed by atoms with Gasteiger partial charge in [0.1, 0.15) is 0 Å². The number of piperidine rings is 1. The van der Waals surface area contributed by atoms with Gasteiger partial charge in [-0.1, -0.05) is 6.07 Å². The molecule has 2 N–H and O–H groups in total. The Balaban J connectivity index is 1.55. The zero-order valence-electron chi connectivity index (χ0n) is 14.5. The molecule has 5 nitrogen and oxygen atoms in total. The Labute approximate surface area is 167 Å². The Kier molecular flexibility index (Phi) is 6.49. The molecule has 0 atom stereocenters. The van der Waals surface area contributed by atoms with Crippen LogP contribution in [-0.2, 0) is 4.79 Å². The predicted molar refractivity (Wildman–Crippen MR) is 112 cm³/mol. The third-order valence-corrected chi connectivity index (χ3v) is 5.05. The average Bonchev–Trinajstić information content (AvgIpc) is 2.68. The summed E-state index contributed by atoms with van der Waals surface area (Å²) in [5.74, 6) is -0.0596. The first-order valence-corrected chi connectivity index (χ1v) is 9.88. The van der Waals surface area contributed by atoms with E-state index in [1.165, 1.54) is 6.42 Å². The van der Waals surface area contributed by atoms with Crippen LogP contribution in [0.1, 0.15) is 29.6 Å². The quantitative estimate of drug-likeness (QED) is 0.660. The van der Waals surface area contributed by atoms with E-state index in [9.17, 15) is 9.59 Å². The molecule has 1 aliphatic heterocycles. The molecule has 0 aromatic heterocycles. The summed E-state index contributed by atoms with van der Waals surface area (Å²) in [7, 11) is 0. The average molecular weight is 463 g/mol. The number of nitrogens with zero attached hydrogens (tertiary/aromatic N) is 1. The van der Waals surface area contributed by atoms with E-state index in [-0.39, 0.29) is 18.4 Å². The highest BCUT2D eigenvalue weighted by Crippen LogP contribution is 2.16. The van der Waals surface area contributed by atoms with Crippen LogP contribution in [0.15, 0.2) is 48.5 Å². The molecule has 0 saturated carbocycles. The molecule has 136 valence electrons. The van der Waals surface area contributed by atoms with E-state index in [0.717, 1.165) is 40.9 Å². The van der Waals surface area contributed by atoms with E-state index in [0.29, 0.717) is 5.56 Å². The highest BCUT2D eigenvalue weighted by atomic mass is 127. The zero-order valence-corrected chi connectivity index (χ0v) is 16.7. The van der Waals surface area contributed by atoms with E-state index in [1.54, 1.807) is 0 Å². The monoisotopic (exact) mass is 463 g/mol. The lowest BCUT2D eigenvalue weighted by Gasteiger charge is -2.26. The van der Waals surface area contributed by atoms with Crippen molar-refractivity contribution in [3.8, 4) is 0 Å². The van der Waals surface area contributed by atoms with Crippen LogP contribution in [-0.4, -0.2) is 36.3 Å². The zero-order chi connectivity index (χ0) is 18.4. The first-order valence-electron chi connectivity index (χ1n) is 8.80. The van der Waals surface area contributed by atoms with Crippen molar-refractivity contribution in [1.29, 1.82) is 0 Å². The predicted octanol–water partition coefficient (Wildman–Crippen LogP) is 3.97. The summed E-state index contributed by atoms with van der Waals surface area (Å²) >= 11 is 2.22. The number of amides is 2. The highest BCUT2D eigenvalue weighted by molar-refractivity contribution is 14.1. The molecule has 3 rings (SSSR count). The normalized spacial score (nSPS) is 14.0. The van der Waals surface area contributed by atoms with Crippen molar-refractivity contribution in [3.05, 3.63) is 57.7 Å². The van der Waals surface area contributed by atoms with E-state index >= 15 is 0 Å². The molecule has 0 radical (unpaired) electrons. The fourth-order valence-corrected chi connectivity index (χ4v) is 3.32. The first kappa shape index (κ1) is 18.7. The number of halogens is 1. The maximum Gasteiger partial charge on any atom is 0.253 e. The molecule has 1 aliphatic rings. The third-order valence-electron chi connectivity index (χ3n) is 4.33. The SMILES string of the molecule is O=C(CNc1cccc(C(=O)N2CCCCC2)c1)Nc1ccc(I)cc1. The minimum absolute atomic E-state index is 0.0664. The minimum atomic E-state index is -0.126. The number of carbonyl (C=O) groups excluding carboxylic acids is 2. The van der Waals surface area contributed by atoms with Gasteiger partial charge in [-0.25, -0.2) is 0 Å². The second-order valence-corrected chi connectivity index (χ2v) is 7.59. The molecule has 0 aliphatic carbocycles. The maximum absolute atomic E-state index is 12.6. The molecule has 1 saturated heterocycles. The lowest BCUT2D eigenvalue weighted by Crippen LogP contribution is -2.35. The Morgan fingerprint density at radius 3 is 2.42 bits per heavy atom. The van der Waals surface area contributed by atoms with Crippen LogP contribution in [0.25, 0.3) is 0 Å². The standard InChI is InChI=1S/C20H22IN3O2/c21-16-7-9-17(10-8-16)23-19(25)14-22-18-6-4-5-15(13-18)20(26)24-11-2-1-3-12-24/h4-10,13,22H,1-3,11-12,14H2,(H,23,25). The third kappa shape index (κ3) is 5.20. The fourth-order valence-electron chi connectivity index (χ4n) is 2.96. The summed E-state index contributed by atoms with van der Waals surface area (Å²) < 4.78 is 1.12. The van der Waals surface area contributed by atoms with Crippen LogP contribution < -0.4 is 10.6 Å². The molecule has 2 aromatic rings. The van der Waals surface area contributed by atoms with Gasteiger partial charge in [0, 0.05) is 33.6 Å². The van der Waals surface area contributed by atoms with Gasteiger partial charge < -0.3 is 15.5 Å². The summed E-state index contributed by atoms with van der Waals surface area (Å²) in [5.41, 5.74) is 2.20. The maximum atomic E-state index is 12.6. The molecule has 1 heterocycles. The summed E-state index contributed by atoms with van der Waals surface area (Å²) in [4.78, 5) is 26.6. The van der Waals surface area contributed by atoms with Crippen LogP contribution in [0.2, 0.25) is 0 Å². The van der Waals surface area contributed by atoms with Gasteiger partial charge >= 0.3 is 0 Å². The smallest absolute Gasteiger partial charge is 0.253 e. The van der Waals surface area contributed by atoms with Gasteiger partial charge in [0.2, 0.25) is 5.91 Å². The van der Waals surface area contributed by atoms with Gasteiger partial charge in [-0.15, -0.1) is 0 Å². The molecule has 0 spiro atoms. The number of hydrogen-bond donors (Lipinski definition) is 2. The Hall–Kier alpha value is -2.09. The van der Waals surface area contributed by atoms with E-state index in [2.05, 4.69) is 33.2 Å². The topological polar surface area (TPSA) is 61.4 Å². The number of likely N-dealkylation sites (tertiary alicyclic amines) is 1. The van der Waals surface area contributed by atoms with Gasteiger partial charge in [-0.05, 0) is 84.3 Å². The number of nitrogens with one attached hydrogen (secondary N) is 2. The molecule has 26 heavy (non-hydrogen) atoms. The van der Waals surface area contributed by atoms with Crippen LogP contribution in [0.4, 0.5) is 11.4 Å². The van der Waals surface area contributed by atoms with Gasteiger partial charge in [0.25, 0.3) is 5.91 Å². The molecular weight excluding hydrogens is 441 g/mol. The number of hydrogen-bond acceptors (Lipinski definition) is 3. The minimum Gasteiger partial charge on any atom is -0.376 e. The number of rotatable bonds is 5. The first-order chi connectivity index (χ1) is 12.6. The van der Waals surface area contributed by atoms with E-state index < -0.39 is 0 Å². The van der Waals surface area contributed by atoms with Crippen molar-refractivity contribution >= 4 is 45.8 Å². The van der Waals surface area contributed by atoms with Crippen LogP contribution in [0.5, 0.6) is 0 Å². The molecule has 6 heteroatoms. The van der Waals surface area contributed by atoms with Gasteiger partial charge in [-0.2, -0.15) is 0 Å². The van der Waals surface area contributed by atoms with Gasteiger partial charge in [0.05, 0.1) is 6.54 Å². The Morgan fingerprint density at radius 2 is 1.69 bits per heavy atom. The molecule has 2 amide bonds. The van der Waals surface area contributed by atoms with E-state index in [4.69, 9.17) is 0 Å². The van der Waals surface area contributed by atoms with Crippen molar-refractivity contribution in [2.24, 2.45) is 0 Å². The molecule has 1 fully saturated rings. The fraction of sp³-hybridized carbons (Fsp3) is 0.300. The van der Waals surface area contributed by atoms with Crippen molar-refractivity contribution < 1.29 is 9.59 Å². The molecular formula is C20H22IN3O2. The number of anilines is 2. The molecule has 2 aromatic carbocycles. The number of benzene rings is 2. The highest BCUT2D eigenvalue weighted by Gasteiger charge is 2.18. The second-order valence-electron chi connectivity index (χ2n) is 6.34. The molecule has 0 bridgehead atoms. The summed E-state index contributed by atoms with van der Waals surface area (Å²) in [6, 6.07) is 15.0. The summed E-state index contributed by atoms with van der Waals surface area (Å²) in [6.45, 7) is 1.80. The van der Waals surface area contributed by atoms with Crippen molar-refractivity contribution in [2.75, 3.05) is 30.3 Å². The lowest BCUT2D eigenvalue weighted by atomic mass is 10.1. The van der Waals surface area contributed by atoms with E-state index in [1.807, 2.05) is 53.4 Å². The molecule has 0 unspecified atom stereocenters.